The van der Waals surface area contributed by atoms with E-state index in [2.05, 4.69) is 9.18 Å². The molecule has 1 aliphatic rings. The van der Waals surface area contributed by atoms with Crippen LogP contribution in [-0.4, -0.2) is 37.6 Å². The number of nitrogens with two attached hydrogens (primary N) is 2. The highest BCUT2D eigenvalue weighted by molar-refractivity contribution is 7.99. The monoisotopic (exact) mass is 307 g/mol. The standard InChI is InChI=1S/C9H14N4O4S2/c10-8-5-7(12-1-3-18-4-2-12)6-9(11)13(8)17-19(14,15)16/h5-6H,1-4H2,(H4,10,11,14,15,16)/p+1. The van der Waals surface area contributed by atoms with E-state index < -0.39 is 10.4 Å². The second kappa shape index (κ2) is 5.31. The SMILES string of the molecule is Nc1cc(N2CCSCC2)cc(N)[n+]1OS(=O)(=O)O. The quantitative estimate of drug-likeness (QED) is 0.476. The van der Waals surface area contributed by atoms with Crippen molar-refractivity contribution in [2.24, 2.45) is 0 Å². The van der Waals surface area contributed by atoms with Crippen LogP contribution in [0.1, 0.15) is 0 Å². The van der Waals surface area contributed by atoms with Crippen molar-refractivity contribution < 1.29 is 22.0 Å². The minimum atomic E-state index is -4.67. The van der Waals surface area contributed by atoms with Crippen molar-refractivity contribution in [1.29, 1.82) is 0 Å². The average Bonchev–Trinajstić information content (AvgIpc) is 2.33. The maximum absolute atomic E-state index is 10.7. The number of hydrogen-bond donors (Lipinski definition) is 3. The molecule has 1 aromatic heterocycles. The first-order chi connectivity index (χ1) is 8.87. The highest BCUT2D eigenvalue weighted by atomic mass is 32.3. The molecule has 0 spiro atoms. The van der Waals surface area contributed by atoms with Crippen molar-refractivity contribution in [3.8, 4) is 0 Å². The Hall–Kier alpha value is -1.39. The Morgan fingerprint density at radius 3 is 2.26 bits per heavy atom. The number of nitrogens with zero attached hydrogens (tertiary/aromatic N) is 2. The van der Waals surface area contributed by atoms with Crippen LogP contribution in [-0.2, 0) is 10.4 Å². The van der Waals surface area contributed by atoms with E-state index in [1.807, 2.05) is 11.8 Å². The normalized spacial score (nSPS) is 16.4. The zero-order chi connectivity index (χ0) is 14.0. The highest BCUT2D eigenvalue weighted by Crippen LogP contribution is 2.21. The summed E-state index contributed by atoms with van der Waals surface area (Å²) in [7, 11) is -4.67. The Bertz CT molecular complexity index is 549. The van der Waals surface area contributed by atoms with Gasteiger partial charge in [0, 0.05) is 36.7 Å². The fourth-order valence-electron chi connectivity index (χ4n) is 1.80. The molecule has 5 N–H and O–H groups in total. The number of hydrogen-bond acceptors (Lipinski definition) is 7. The number of pyridine rings is 1. The largest absolute Gasteiger partial charge is 0.476 e. The molecule has 19 heavy (non-hydrogen) atoms. The summed E-state index contributed by atoms with van der Waals surface area (Å²) in [5, 5.41) is 0. The fraction of sp³-hybridized carbons (Fsp3) is 0.444. The van der Waals surface area contributed by atoms with Gasteiger partial charge in [-0.15, -0.1) is 0 Å². The van der Waals surface area contributed by atoms with Gasteiger partial charge in [0.05, 0.1) is 5.69 Å². The van der Waals surface area contributed by atoms with Gasteiger partial charge in [0.25, 0.3) is 11.6 Å². The van der Waals surface area contributed by atoms with Gasteiger partial charge in [0.15, 0.2) is 0 Å². The van der Waals surface area contributed by atoms with Gasteiger partial charge in [0.2, 0.25) is 0 Å². The number of anilines is 3. The third-order valence-corrected chi connectivity index (χ3v) is 3.89. The van der Waals surface area contributed by atoms with Crippen LogP contribution in [0.5, 0.6) is 0 Å². The molecule has 0 bridgehead atoms. The van der Waals surface area contributed by atoms with Crippen molar-refractivity contribution in [2.45, 2.75) is 0 Å². The maximum atomic E-state index is 10.7. The van der Waals surface area contributed by atoms with Gasteiger partial charge in [-0.25, -0.2) is 4.28 Å². The molecule has 0 amide bonds. The number of aromatic nitrogens is 1. The summed E-state index contributed by atoms with van der Waals surface area (Å²) in [5.74, 6) is 2.00. The summed E-state index contributed by atoms with van der Waals surface area (Å²) in [6.45, 7) is 1.74. The van der Waals surface area contributed by atoms with Crippen molar-refractivity contribution in [1.82, 2.24) is 0 Å². The van der Waals surface area contributed by atoms with Gasteiger partial charge in [-0.05, 0) is 4.73 Å². The molecule has 1 aliphatic heterocycles. The summed E-state index contributed by atoms with van der Waals surface area (Å²) in [4.78, 5) is 2.10. The van der Waals surface area contributed by atoms with Gasteiger partial charge < -0.3 is 16.4 Å². The van der Waals surface area contributed by atoms with Crippen LogP contribution in [0.2, 0.25) is 0 Å². The molecule has 0 aliphatic carbocycles. The van der Waals surface area contributed by atoms with E-state index >= 15 is 0 Å². The number of nitrogen functional groups attached to an aromatic ring is 2. The Labute approximate surface area is 115 Å². The third-order valence-electron chi connectivity index (χ3n) is 2.61. The van der Waals surface area contributed by atoms with E-state index in [1.165, 1.54) is 0 Å². The molecule has 1 fully saturated rings. The van der Waals surface area contributed by atoms with E-state index in [9.17, 15) is 8.42 Å². The second-order valence-corrected chi connectivity index (χ2v) is 6.19. The van der Waals surface area contributed by atoms with Crippen molar-refractivity contribution in [3.63, 3.8) is 0 Å². The first-order valence-corrected chi connectivity index (χ1v) is 8.00. The van der Waals surface area contributed by atoms with Gasteiger partial charge in [-0.3, -0.25) is 4.55 Å². The minimum Gasteiger partial charge on any atom is -0.369 e. The first kappa shape index (κ1) is 14.0. The predicted molar refractivity (Wildman–Crippen MR) is 73.1 cm³/mol. The molecule has 1 aromatic rings. The van der Waals surface area contributed by atoms with Crippen LogP contribution >= 0.6 is 11.8 Å². The lowest BCUT2D eigenvalue weighted by atomic mass is 10.3. The molecular weight excluding hydrogens is 292 g/mol. The summed E-state index contributed by atoms with van der Waals surface area (Å²) in [6.07, 6.45) is 0. The van der Waals surface area contributed by atoms with Crippen LogP contribution in [0.15, 0.2) is 12.1 Å². The molecule has 0 atom stereocenters. The first-order valence-electron chi connectivity index (χ1n) is 5.48. The van der Waals surface area contributed by atoms with Gasteiger partial charge in [-0.1, -0.05) is 0 Å². The fourth-order valence-corrected chi connectivity index (χ4v) is 3.06. The molecule has 0 radical (unpaired) electrons. The molecule has 10 heteroatoms. The van der Waals surface area contributed by atoms with E-state index in [0.29, 0.717) is 4.73 Å². The minimum absolute atomic E-state index is 0.00847. The lowest BCUT2D eigenvalue weighted by Gasteiger charge is -2.28. The van der Waals surface area contributed by atoms with Crippen molar-refractivity contribution >= 4 is 39.5 Å². The van der Waals surface area contributed by atoms with E-state index in [-0.39, 0.29) is 11.6 Å². The highest BCUT2D eigenvalue weighted by Gasteiger charge is 2.21. The topological polar surface area (TPSA) is 123 Å². The Balaban J connectivity index is 2.30. The predicted octanol–water partition coefficient (Wildman–Crippen LogP) is -1.08. The molecule has 106 valence electrons. The molecule has 0 saturated carbocycles. The molecule has 0 unspecified atom stereocenters. The summed E-state index contributed by atoms with van der Waals surface area (Å²) in [5.41, 5.74) is 12.2. The molecule has 2 rings (SSSR count). The van der Waals surface area contributed by atoms with Crippen LogP contribution in [0.25, 0.3) is 0 Å². The van der Waals surface area contributed by atoms with E-state index in [1.54, 1.807) is 12.1 Å². The Morgan fingerprint density at radius 1 is 1.26 bits per heavy atom. The second-order valence-electron chi connectivity index (χ2n) is 3.96. The summed E-state index contributed by atoms with van der Waals surface area (Å²) in [6, 6.07) is 3.11. The smallest absolute Gasteiger partial charge is 0.369 e. The maximum Gasteiger partial charge on any atom is 0.476 e. The molecule has 8 nitrogen and oxygen atoms in total. The summed E-state index contributed by atoms with van der Waals surface area (Å²) >= 11 is 1.87. The lowest BCUT2D eigenvalue weighted by Crippen LogP contribution is -2.50. The van der Waals surface area contributed by atoms with Gasteiger partial charge in [0.1, 0.15) is 0 Å². The molecule has 0 aromatic carbocycles. The van der Waals surface area contributed by atoms with Gasteiger partial charge >= 0.3 is 10.4 Å². The molecule has 1 saturated heterocycles. The van der Waals surface area contributed by atoms with Crippen molar-refractivity contribution in [3.05, 3.63) is 12.1 Å². The third kappa shape index (κ3) is 3.55. The average molecular weight is 307 g/mol. The van der Waals surface area contributed by atoms with Crippen LogP contribution in [0.3, 0.4) is 0 Å². The lowest BCUT2D eigenvalue weighted by molar-refractivity contribution is -0.833. The van der Waals surface area contributed by atoms with E-state index in [0.717, 1.165) is 30.3 Å². The zero-order valence-electron chi connectivity index (χ0n) is 10.0. The number of thioether (sulfide) groups is 1. The van der Waals surface area contributed by atoms with E-state index in [4.69, 9.17) is 16.0 Å². The van der Waals surface area contributed by atoms with Crippen LogP contribution in [0, 0.1) is 0 Å². The summed E-state index contributed by atoms with van der Waals surface area (Å²) < 4.78 is 34.9. The zero-order valence-corrected chi connectivity index (χ0v) is 11.7. The molecular formula is C9H15N4O4S2+. The Morgan fingerprint density at radius 2 is 1.79 bits per heavy atom. The molecule has 2 heterocycles. The Kier molecular flexibility index (Phi) is 3.92. The van der Waals surface area contributed by atoms with Crippen molar-refractivity contribution in [2.75, 3.05) is 41.0 Å². The van der Waals surface area contributed by atoms with Crippen LogP contribution in [0.4, 0.5) is 17.3 Å². The number of rotatable bonds is 3. The van der Waals surface area contributed by atoms with Crippen LogP contribution < -0.4 is 25.4 Å². The van der Waals surface area contributed by atoms with Gasteiger partial charge in [-0.2, -0.15) is 20.2 Å².